The molecule has 34 heavy (non-hydrogen) atoms. The number of halogens is 1. The first-order chi connectivity index (χ1) is 16.7. The standard InChI is InChI=1S/C25H21BrN6O2/c1-33-22-10-7-18(8-11-22)14-31-16-21(29-30-31)17-34-27-13-23-25(19-5-3-2-4-6-19)28-24-12-9-20(26)15-32(23)24/h2-13,15-16H,14,17H2,1H3/b27-13+. The molecule has 5 rings (SSSR count). The number of methoxy groups -OCH3 is 1. The van der Waals surface area contributed by atoms with Crippen molar-refractivity contribution in [3.05, 3.63) is 101 Å². The molecule has 0 atom stereocenters. The highest BCUT2D eigenvalue weighted by Gasteiger charge is 2.13. The van der Waals surface area contributed by atoms with Crippen LogP contribution in [0.15, 0.2) is 88.8 Å². The molecule has 170 valence electrons. The van der Waals surface area contributed by atoms with Crippen LogP contribution in [-0.2, 0) is 18.0 Å². The van der Waals surface area contributed by atoms with Gasteiger partial charge in [-0.1, -0.05) is 52.8 Å². The predicted octanol–water partition coefficient (Wildman–Crippen LogP) is 4.96. The highest BCUT2D eigenvalue weighted by Crippen LogP contribution is 2.24. The number of rotatable bonds is 8. The Hall–Kier alpha value is -3.98. The number of hydrogen-bond acceptors (Lipinski definition) is 6. The van der Waals surface area contributed by atoms with E-state index < -0.39 is 0 Å². The van der Waals surface area contributed by atoms with E-state index in [1.807, 2.05) is 83.5 Å². The molecule has 0 aliphatic heterocycles. The molecule has 0 aliphatic rings. The van der Waals surface area contributed by atoms with Crippen LogP contribution in [0.3, 0.4) is 0 Å². The minimum Gasteiger partial charge on any atom is -0.497 e. The van der Waals surface area contributed by atoms with Gasteiger partial charge in [-0.2, -0.15) is 0 Å². The first kappa shape index (κ1) is 21.8. The van der Waals surface area contributed by atoms with E-state index in [2.05, 4.69) is 31.4 Å². The second-order valence-electron chi connectivity index (χ2n) is 7.55. The van der Waals surface area contributed by atoms with Crippen LogP contribution in [-0.4, -0.2) is 37.7 Å². The zero-order chi connectivity index (χ0) is 23.3. The molecule has 0 N–H and O–H groups in total. The summed E-state index contributed by atoms with van der Waals surface area (Å²) in [5.41, 5.74) is 5.27. The van der Waals surface area contributed by atoms with E-state index in [-0.39, 0.29) is 6.61 Å². The molecule has 0 aliphatic carbocycles. The van der Waals surface area contributed by atoms with E-state index in [9.17, 15) is 0 Å². The molecule has 0 bridgehead atoms. The zero-order valence-electron chi connectivity index (χ0n) is 18.4. The van der Waals surface area contributed by atoms with Crippen molar-refractivity contribution in [1.82, 2.24) is 24.4 Å². The summed E-state index contributed by atoms with van der Waals surface area (Å²) in [5, 5.41) is 12.5. The number of nitrogens with zero attached hydrogens (tertiary/aromatic N) is 6. The van der Waals surface area contributed by atoms with Crippen molar-refractivity contribution in [2.24, 2.45) is 5.16 Å². The third-order valence-electron chi connectivity index (χ3n) is 5.22. The first-order valence-corrected chi connectivity index (χ1v) is 11.4. The summed E-state index contributed by atoms with van der Waals surface area (Å²) in [6, 6.07) is 21.8. The molecule has 0 saturated heterocycles. The molecule has 5 aromatic rings. The number of imidazole rings is 1. The molecule has 0 saturated carbocycles. The van der Waals surface area contributed by atoms with Gasteiger partial charge >= 0.3 is 0 Å². The van der Waals surface area contributed by atoms with E-state index in [0.29, 0.717) is 12.2 Å². The lowest BCUT2D eigenvalue weighted by Gasteiger charge is -2.03. The average Bonchev–Trinajstić information content (AvgIpc) is 3.47. The Morgan fingerprint density at radius 2 is 1.82 bits per heavy atom. The Morgan fingerprint density at radius 1 is 1.00 bits per heavy atom. The number of benzene rings is 2. The summed E-state index contributed by atoms with van der Waals surface area (Å²) >= 11 is 3.53. The van der Waals surface area contributed by atoms with Gasteiger partial charge in [-0.3, -0.25) is 4.40 Å². The van der Waals surface area contributed by atoms with Gasteiger partial charge in [0.25, 0.3) is 0 Å². The SMILES string of the molecule is COc1ccc(Cn2cc(CO/N=C/c3c(-c4ccccc4)nc4ccc(Br)cn34)nn2)cc1. The van der Waals surface area contributed by atoms with Gasteiger partial charge in [-0.05, 0) is 45.8 Å². The van der Waals surface area contributed by atoms with E-state index >= 15 is 0 Å². The number of pyridine rings is 1. The van der Waals surface area contributed by atoms with E-state index in [1.54, 1.807) is 18.0 Å². The fourth-order valence-corrected chi connectivity index (χ4v) is 3.90. The first-order valence-electron chi connectivity index (χ1n) is 10.6. The van der Waals surface area contributed by atoms with Crippen molar-refractivity contribution in [3.8, 4) is 17.0 Å². The molecular formula is C25H21BrN6O2. The van der Waals surface area contributed by atoms with Crippen molar-refractivity contribution in [1.29, 1.82) is 0 Å². The van der Waals surface area contributed by atoms with E-state index in [4.69, 9.17) is 14.6 Å². The van der Waals surface area contributed by atoms with Gasteiger partial charge in [0.2, 0.25) is 0 Å². The Kier molecular flexibility index (Phi) is 6.35. The molecule has 3 heterocycles. The number of aromatic nitrogens is 5. The highest BCUT2D eigenvalue weighted by atomic mass is 79.9. The van der Waals surface area contributed by atoms with Crippen molar-refractivity contribution >= 4 is 27.8 Å². The maximum atomic E-state index is 5.54. The summed E-state index contributed by atoms with van der Waals surface area (Å²) in [6.07, 6.45) is 5.48. The minimum absolute atomic E-state index is 0.209. The Labute approximate surface area is 204 Å². The van der Waals surface area contributed by atoms with Crippen molar-refractivity contribution in [2.75, 3.05) is 7.11 Å². The van der Waals surface area contributed by atoms with Crippen LogP contribution in [0.25, 0.3) is 16.9 Å². The van der Waals surface area contributed by atoms with E-state index in [0.717, 1.165) is 38.4 Å². The van der Waals surface area contributed by atoms with Crippen LogP contribution < -0.4 is 4.74 Å². The second-order valence-corrected chi connectivity index (χ2v) is 8.47. The second kappa shape index (κ2) is 9.88. The number of oxime groups is 1. The zero-order valence-corrected chi connectivity index (χ0v) is 20.0. The van der Waals surface area contributed by atoms with Crippen molar-refractivity contribution < 1.29 is 9.57 Å². The topological polar surface area (TPSA) is 78.8 Å². The molecule has 0 fully saturated rings. The van der Waals surface area contributed by atoms with Crippen LogP contribution in [0.5, 0.6) is 5.75 Å². The van der Waals surface area contributed by atoms with Gasteiger partial charge < -0.3 is 9.57 Å². The quantitative estimate of drug-likeness (QED) is 0.215. The monoisotopic (exact) mass is 516 g/mol. The third kappa shape index (κ3) is 4.84. The summed E-state index contributed by atoms with van der Waals surface area (Å²) in [4.78, 5) is 10.3. The molecule has 0 amide bonds. The van der Waals surface area contributed by atoms with Gasteiger partial charge in [0.05, 0.1) is 37.5 Å². The Balaban J connectivity index is 1.29. The lowest BCUT2D eigenvalue weighted by Crippen LogP contribution is -2.00. The summed E-state index contributed by atoms with van der Waals surface area (Å²) in [6.45, 7) is 0.817. The van der Waals surface area contributed by atoms with Gasteiger partial charge in [-0.15, -0.1) is 5.10 Å². The number of fused-ring (bicyclic) bond motifs is 1. The molecule has 2 aromatic carbocycles. The smallest absolute Gasteiger partial charge is 0.162 e. The average molecular weight is 517 g/mol. The predicted molar refractivity (Wildman–Crippen MR) is 133 cm³/mol. The van der Waals surface area contributed by atoms with Crippen LogP contribution in [0, 0.1) is 0 Å². The van der Waals surface area contributed by atoms with Gasteiger partial charge in [0.1, 0.15) is 17.1 Å². The normalized spacial score (nSPS) is 11.4. The van der Waals surface area contributed by atoms with Crippen LogP contribution in [0.2, 0.25) is 0 Å². The van der Waals surface area contributed by atoms with E-state index in [1.165, 1.54) is 0 Å². The fourth-order valence-electron chi connectivity index (χ4n) is 3.56. The van der Waals surface area contributed by atoms with Gasteiger partial charge in [-0.25, -0.2) is 9.67 Å². The van der Waals surface area contributed by atoms with Crippen LogP contribution >= 0.6 is 15.9 Å². The van der Waals surface area contributed by atoms with Gasteiger partial charge in [0.15, 0.2) is 6.61 Å². The minimum atomic E-state index is 0.209. The molecule has 0 unspecified atom stereocenters. The summed E-state index contributed by atoms with van der Waals surface area (Å²) in [5.74, 6) is 0.822. The molecule has 3 aromatic heterocycles. The maximum absolute atomic E-state index is 5.54. The highest BCUT2D eigenvalue weighted by molar-refractivity contribution is 9.10. The lowest BCUT2D eigenvalue weighted by atomic mass is 10.1. The molecule has 0 radical (unpaired) electrons. The number of ether oxygens (including phenoxy) is 1. The Morgan fingerprint density at radius 3 is 2.62 bits per heavy atom. The molecule has 9 heteroatoms. The van der Waals surface area contributed by atoms with Crippen LogP contribution in [0.4, 0.5) is 0 Å². The molecular weight excluding hydrogens is 496 g/mol. The number of hydrogen-bond donors (Lipinski definition) is 0. The third-order valence-corrected chi connectivity index (χ3v) is 5.69. The fraction of sp³-hybridized carbons (Fsp3) is 0.120. The van der Waals surface area contributed by atoms with Gasteiger partial charge in [0, 0.05) is 16.2 Å². The molecule has 8 nitrogen and oxygen atoms in total. The summed E-state index contributed by atoms with van der Waals surface area (Å²) < 4.78 is 9.88. The van der Waals surface area contributed by atoms with Crippen LogP contribution in [0.1, 0.15) is 17.0 Å². The van der Waals surface area contributed by atoms with Crippen molar-refractivity contribution in [3.63, 3.8) is 0 Å². The van der Waals surface area contributed by atoms with Crippen molar-refractivity contribution in [2.45, 2.75) is 13.2 Å². The lowest BCUT2D eigenvalue weighted by molar-refractivity contribution is 0.129. The Bertz CT molecular complexity index is 1430. The molecule has 0 spiro atoms. The largest absolute Gasteiger partial charge is 0.497 e. The summed E-state index contributed by atoms with van der Waals surface area (Å²) in [7, 11) is 1.65. The maximum Gasteiger partial charge on any atom is 0.162 e.